The number of para-hydroxylation sites is 2. The van der Waals surface area contributed by atoms with Crippen molar-refractivity contribution in [2.75, 3.05) is 12.0 Å². The lowest BCUT2D eigenvalue weighted by molar-refractivity contribution is -0.118. The lowest BCUT2D eigenvalue weighted by Crippen LogP contribution is -2.10. The molecule has 0 unspecified atom stereocenters. The lowest BCUT2D eigenvalue weighted by atomic mass is 10.2. The van der Waals surface area contributed by atoms with Gasteiger partial charge in [0.15, 0.2) is 0 Å². The number of hydrogen-bond acceptors (Lipinski definition) is 3. The van der Waals surface area contributed by atoms with Crippen molar-refractivity contribution in [2.24, 2.45) is 0 Å². The first-order valence-corrected chi connectivity index (χ1v) is 7.60. The first-order valence-electron chi connectivity index (χ1n) is 6.21. The highest BCUT2D eigenvalue weighted by Crippen LogP contribution is 2.16. The third-order valence-electron chi connectivity index (χ3n) is 2.99. The fourth-order valence-corrected chi connectivity index (χ4v) is 2.53. The van der Waals surface area contributed by atoms with E-state index in [4.69, 9.17) is 0 Å². The summed E-state index contributed by atoms with van der Waals surface area (Å²) < 4.78 is 2.13. The van der Waals surface area contributed by atoms with E-state index in [0.717, 1.165) is 29.2 Å². The number of aryl methyl sites for hydroxylation is 1. The molecule has 0 N–H and O–H groups in total. The van der Waals surface area contributed by atoms with Gasteiger partial charge in [0.05, 0.1) is 17.5 Å². The Hall–Kier alpha value is -1.29. The van der Waals surface area contributed by atoms with Gasteiger partial charge < -0.3 is 4.57 Å². The van der Waals surface area contributed by atoms with Gasteiger partial charge in [-0.2, -0.15) is 11.8 Å². The minimum absolute atomic E-state index is 0.273. The van der Waals surface area contributed by atoms with Crippen molar-refractivity contribution in [3.8, 4) is 0 Å². The predicted octanol–water partition coefficient (Wildman–Crippen LogP) is 2.92. The van der Waals surface area contributed by atoms with Crippen LogP contribution in [0.15, 0.2) is 24.3 Å². The van der Waals surface area contributed by atoms with Crippen LogP contribution in [0, 0.1) is 0 Å². The van der Waals surface area contributed by atoms with E-state index in [0.29, 0.717) is 12.8 Å². The summed E-state index contributed by atoms with van der Waals surface area (Å²) in [5.41, 5.74) is 2.10. The molecule has 0 amide bonds. The minimum Gasteiger partial charge on any atom is -0.328 e. The number of benzene rings is 1. The van der Waals surface area contributed by atoms with Crippen LogP contribution in [0.5, 0.6) is 0 Å². The van der Waals surface area contributed by atoms with Crippen LogP contribution in [-0.4, -0.2) is 27.3 Å². The Labute approximate surface area is 112 Å². The molecule has 0 bridgehead atoms. The van der Waals surface area contributed by atoms with Crippen LogP contribution < -0.4 is 0 Å². The molecule has 0 aliphatic heterocycles. The molecule has 1 aromatic heterocycles. The van der Waals surface area contributed by atoms with E-state index in [1.54, 1.807) is 11.8 Å². The van der Waals surface area contributed by atoms with Gasteiger partial charge in [0, 0.05) is 13.0 Å². The Morgan fingerprint density at radius 3 is 2.89 bits per heavy atom. The van der Waals surface area contributed by atoms with Crippen molar-refractivity contribution in [1.29, 1.82) is 0 Å². The summed E-state index contributed by atoms with van der Waals surface area (Å²) in [6, 6.07) is 8.04. The van der Waals surface area contributed by atoms with E-state index < -0.39 is 0 Å². The zero-order chi connectivity index (χ0) is 13.0. The second-order valence-electron chi connectivity index (χ2n) is 4.22. The van der Waals surface area contributed by atoms with E-state index in [2.05, 4.69) is 22.5 Å². The number of rotatable bonds is 6. The maximum absolute atomic E-state index is 11.8. The van der Waals surface area contributed by atoms with Gasteiger partial charge >= 0.3 is 0 Å². The molecule has 18 heavy (non-hydrogen) atoms. The Bertz CT molecular complexity index is 548. The number of aromatic nitrogens is 2. The Morgan fingerprint density at radius 2 is 2.17 bits per heavy atom. The quantitative estimate of drug-likeness (QED) is 0.803. The van der Waals surface area contributed by atoms with Gasteiger partial charge in [0.1, 0.15) is 11.6 Å². The maximum atomic E-state index is 11.8. The molecule has 0 aliphatic rings. The van der Waals surface area contributed by atoms with Gasteiger partial charge in [0.25, 0.3) is 0 Å². The Balaban J connectivity index is 2.24. The van der Waals surface area contributed by atoms with E-state index >= 15 is 0 Å². The molecular formula is C14H18N2OS. The van der Waals surface area contributed by atoms with Crippen LogP contribution in [0.3, 0.4) is 0 Å². The number of hydrogen-bond donors (Lipinski definition) is 0. The summed E-state index contributed by atoms with van der Waals surface area (Å²) in [4.78, 5) is 16.4. The molecule has 0 spiro atoms. The van der Waals surface area contributed by atoms with Gasteiger partial charge in [-0.05, 0) is 31.1 Å². The average molecular weight is 262 g/mol. The summed E-state index contributed by atoms with van der Waals surface area (Å²) in [5, 5.41) is 0. The number of thioether (sulfide) groups is 1. The number of imidazole rings is 1. The SMILES string of the molecule is CCn1c(CC(=O)CCSC)nc2ccccc21. The van der Waals surface area contributed by atoms with Crippen LogP contribution in [0.4, 0.5) is 0 Å². The third-order valence-corrected chi connectivity index (χ3v) is 3.60. The molecule has 0 saturated carbocycles. The molecule has 0 atom stereocenters. The molecule has 1 heterocycles. The number of carbonyl (C=O) groups is 1. The highest BCUT2D eigenvalue weighted by atomic mass is 32.2. The lowest BCUT2D eigenvalue weighted by Gasteiger charge is -2.05. The first kappa shape index (κ1) is 13.1. The van der Waals surface area contributed by atoms with Crippen LogP contribution in [0.25, 0.3) is 11.0 Å². The predicted molar refractivity (Wildman–Crippen MR) is 77.1 cm³/mol. The van der Waals surface area contributed by atoms with E-state index in [9.17, 15) is 4.79 Å². The van der Waals surface area contributed by atoms with Crippen molar-refractivity contribution in [3.63, 3.8) is 0 Å². The summed E-state index contributed by atoms with van der Waals surface area (Å²) in [7, 11) is 0. The fourth-order valence-electron chi connectivity index (χ4n) is 2.09. The largest absolute Gasteiger partial charge is 0.328 e. The molecule has 3 nitrogen and oxygen atoms in total. The molecule has 0 aliphatic carbocycles. The van der Waals surface area contributed by atoms with E-state index in [1.807, 2.05) is 24.5 Å². The van der Waals surface area contributed by atoms with Crippen molar-refractivity contribution in [2.45, 2.75) is 26.3 Å². The standard InChI is InChI=1S/C14H18N2OS/c1-3-16-13-7-5-4-6-12(13)15-14(16)10-11(17)8-9-18-2/h4-7H,3,8-10H2,1-2H3. The first-order chi connectivity index (χ1) is 8.76. The molecule has 0 saturated heterocycles. The molecule has 96 valence electrons. The summed E-state index contributed by atoms with van der Waals surface area (Å²) >= 11 is 1.71. The smallest absolute Gasteiger partial charge is 0.141 e. The zero-order valence-electron chi connectivity index (χ0n) is 10.8. The van der Waals surface area contributed by atoms with Crippen molar-refractivity contribution < 1.29 is 4.79 Å². The van der Waals surface area contributed by atoms with Crippen molar-refractivity contribution in [1.82, 2.24) is 9.55 Å². The second kappa shape index (κ2) is 6.05. The number of Topliss-reactive ketones (excluding diaryl/α,β-unsaturated/α-hetero) is 1. The van der Waals surface area contributed by atoms with Crippen LogP contribution in [0.2, 0.25) is 0 Å². The molecule has 4 heteroatoms. The average Bonchev–Trinajstić information content (AvgIpc) is 2.73. The minimum atomic E-state index is 0.273. The van der Waals surface area contributed by atoms with E-state index in [-0.39, 0.29) is 5.78 Å². The number of nitrogens with zero attached hydrogens (tertiary/aromatic N) is 2. The summed E-state index contributed by atoms with van der Waals surface area (Å²) in [5.74, 6) is 2.06. The van der Waals surface area contributed by atoms with Crippen LogP contribution >= 0.6 is 11.8 Å². The van der Waals surface area contributed by atoms with E-state index in [1.165, 1.54) is 0 Å². The molecule has 2 rings (SSSR count). The van der Waals surface area contributed by atoms with Gasteiger partial charge in [-0.3, -0.25) is 4.79 Å². The fraction of sp³-hybridized carbons (Fsp3) is 0.429. The number of fused-ring (bicyclic) bond motifs is 1. The summed E-state index contributed by atoms with van der Waals surface area (Å²) in [6.07, 6.45) is 3.10. The molecule has 0 fully saturated rings. The molecule has 1 aromatic carbocycles. The normalized spacial score (nSPS) is 11.0. The maximum Gasteiger partial charge on any atom is 0.141 e. The van der Waals surface area contributed by atoms with Gasteiger partial charge in [-0.25, -0.2) is 4.98 Å². The van der Waals surface area contributed by atoms with Gasteiger partial charge in [-0.15, -0.1) is 0 Å². The van der Waals surface area contributed by atoms with Gasteiger partial charge in [-0.1, -0.05) is 12.1 Å². The van der Waals surface area contributed by atoms with Crippen LogP contribution in [-0.2, 0) is 17.8 Å². The highest BCUT2D eigenvalue weighted by Gasteiger charge is 2.12. The van der Waals surface area contributed by atoms with Crippen LogP contribution in [0.1, 0.15) is 19.2 Å². The Morgan fingerprint density at radius 1 is 1.39 bits per heavy atom. The molecule has 0 radical (unpaired) electrons. The topological polar surface area (TPSA) is 34.9 Å². The third kappa shape index (κ3) is 2.75. The van der Waals surface area contributed by atoms with Gasteiger partial charge in [0.2, 0.25) is 0 Å². The second-order valence-corrected chi connectivity index (χ2v) is 5.20. The van der Waals surface area contributed by atoms with Crippen molar-refractivity contribution in [3.05, 3.63) is 30.1 Å². The zero-order valence-corrected chi connectivity index (χ0v) is 11.7. The molecular weight excluding hydrogens is 244 g/mol. The number of ketones is 1. The number of carbonyl (C=O) groups excluding carboxylic acids is 1. The Kier molecular flexibility index (Phi) is 4.42. The van der Waals surface area contributed by atoms with Crippen molar-refractivity contribution >= 4 is 28.6 Å². The molecule has 2 aromatic rings. The monoisotopic (exact) mass is 262 g/mol. The summed E-state index contributed by atoms with van der Waals surface area (Å²) in [6.45, 7) is 2.94. The highest BCUT2D eigenvalue weighted by molar-refractivity contribution is 7.98.